The van der Waals surface area contributed by atoms with E-state index in [-0.39, 0.29) is 11.8 Å². The molecule has 1 atom stereocenters. The third-order valence-electron chi connectivity index (χ3n) is 2.37. The topological polar surface area (TPSA) is 44.5 Å². The molecule has 0 saturated heterocycles. The van der Waals surface area contributed by atoms with Crippen molar-refractivity contribution in [3.8, 4) is 11.5 Å². The van der Waals surface area contributed by atoms with Gasteiger partial charge in [-0.3, -0.25) is 0 Å². The van der Waals surface area contributed by atoms with Crippen LogP contribution in [-0.4, -0.2) is 13.2 Å². The summed E-state index contributed by atoms with van der Waals surface area (Å²) in [6, 6.07) is 2.82. The van der Waals surface area contributed by atoms with E-state index in [9.17, 15) is 4.39 Å². The van der Waals surface area contributed by atoms with E-state index in [2.05, 4.69) is 0 Å². The van der Waals surface area contributed by atoms with Crippen LogP contribution in [0.5, 0.6) is 11.5 Å². The average molecular weight is 211 g/mol. The summed E-state index contributed by atoms with van der Waals surface area (Å²) in [5.41, 5.74) is 6.57. The lowest BCUT2D eigenvalue weighted by atomic mass is 10.1. The van der Waals surface area contributed by atoms with E-state index in [0.717, 1.165) is 12.0 Å². The lowest BCUT2D eigenvalue weighted by molar-refractivity contribution is 0.291. The molecule has 2 N–H and O–H groups in total. The molecule has 0 radical (unpaired) electrons. The second kappa shape index (κ2) is 4.06. The molecule has 0 fully saturated rings. The number of nitrogens with two attached hydrogens (primary N) is 1. The van der Waals surface area contributed by atoms with Crippen LogP contribution in [0.4, 0.5) is 4.39 Å². The number of rotatable bonds is 1. The summed E-state index contributed by atoms with van der Waals surface area (Å²) in [6.07, 6.45) is 0.756. The molecule has 0 saturated carbocycles. The number of hydrogen-bond acceptors (Lipinski definition) is 3. The molecule has 15 heavy (non-hydrogen) atoms. The van der Waals surface area contributed by atoms with Crippen molar-refractivity contribution in [2.24, 2.45) is 5.73 Å². The van der Waals surface area contributed by atoms with Crippen molar-refractivity contribution in [2.45, 2.75) is 19.4 Å². The highest BCUT2D eigenvalue weighted by Crippen LogP contribution is 2.38. The van der Waals surface area contributed by atoms with E-state index >= 15 is 0 Å². The fourth-order valence-electron chi connectivity index (χ4n) is 1.60. The third kappa shape index (κ3) is 1.90. The molecule has 0 aromatic heterocycles. The zero-order chi connectivity index (χ0) is 10.8. The second-order valence-electron chi connectivity index (χ2n) is 3.63. The van der Waals surface area contributed by atoms with Crippen molar-refractivity contribution >= 4 is 0 Å². The van der Waals surface area contributed by atoms with Crippen LogP contribution < -0.4 is 15.2 Å². The van der Waals surface area contributed by atoms with Crippen molar-refractivity contribution in [1.29, 1.82) is 0 Å². The van der Waals surface area contributed by atoms with Crippen LogP contribution >= 0.6 is 0 Å². The molecule has 4 heteroatoms. The van der Waals surface area contributed by atoms with Crippen LogP contribution in [-0.2, 0) is 0 Å². The average Bonchev–Trinajstić information content (AvgIpc) is 2.43. The predicted molar refractivity (Wildman–Crippen MR) is 54.6 cm³/mol. The summed E-state index contributed by atoms with van der Waals surface area (Å²) in [6.45, 7) is 2.85. The van der Waals surface area contributed by atoms with Crippen LogP contribution in [0.15, 0.2) is 12.1 Å². The van der Waals surface area contributed by atoms with E-state index < -0.39 is 5.82 Å². The highest BCUT2D eigenvalue weighted by Gasteiger charge is 2.20. The van der Waals surface area contributed by atoms with E-state index in [4.69, 9.17) is 15.2 Å². The smallest absolute Gasteiger partial charge is 0.197 e. The minimum absolute atomic E-state index is 0.193. The first-order chi connectivity index (χ1) is 7.20. The second-order valence-corrected chi connectivity index (χ2v) is 3.63. The van der Waals surface area contributed by atoms with E-state index in [1.54, 1.807) is 6.07 Å². The molecule has 0 bridgehead atoms. The molecule has 2 rings (SSSR count). The maximum Gasteiger partial charge on any atom is 0.197 e. The molecule has 1 aromatic rings. The van der Waals surface area contributed by atoms with Gasteiger partial charge in [0.15, 0.2) is 17.3 Å². The number of halogens is 1. The maximum absolute atomic E-state index is 13.4. The minimum atomic E-state index is -0.392. The molecular formula is C11H14FNO2. The molecule has 1 aromatic carbocycles. The summed E-state index contributed by atoms with van der Waals surface area (Å²) in [5.74, 6) is 0.265. The monoisotopic (exact) mass is 211 g/mol. The Labute approximate surface area is 88.0 Å². The van der Waals surface area contributed by atoms with Gasteiger partial charge in [0, 0.05) is 18.0 Å². The van der Waals surface area contributed by atoms with E-state index in [1.165, 1.54) is 6.07 Å². The molecular weight excluding hydrogens is 197 g/mol. The van der Waals surface area contributed by atoms with E-state index in [0.29, 0.717) is 19.0 Å². The predicted octanol–water partition coefficient (Wildman–Crippen LogP) is 2.01. The summed E-state index contributed by atoms with van der Waals surface area (Å²) >= 11 is 0. The van der Waals surface area contributed by atoms with Crippen LogP contribution in [0.2, 0.25) is 0 Å². The Balaban J connectivity index is 2.51. The third-order valence-corrected chi connectivity index (χ3v) is 2.37. The molecule has 1 unspecified atom stereocenters. The van der Waals surface area contributed by atoms with Crippen molar-refractivity contribution < 1.29 is 13.9 Å². The summed E-state index contributed by atoms with van der Waals surface area (Å²) in [4.78, 5) is 0. The first-order valence-corrected chi connectivity index (χ1v) is 5.03. The van der Waals surface area contributed by atoms with Gasteiger partial charge in [-0.1, -0.05) is 6.07 Å². The van der Waals surface area contributed by atoms with Crippen LogP contribution in [0, 0.1) is 5.82 Å². The highest BCUT2D eigenvalue weighted by molar-refractivity contribution is 5.49. The fraction of sp³-hybridized carbons (Fsp3) is 0.455. The largest absolute Gasteiger partial charge is 0.489 e. The molecule has 82 valence electrons. The van der Waals surface area contributed by atoms with Gasteiger partial charge in [-0.15, -0.1) is 0 Å². The van der Waals surface area contributed by atoms with Gasteiger partial charge in [0.25, 0.3) is 0 Å². The Kier molecular flexibility index (Phi) is 2.77. The molecule has 1 aliphatic rings. The van der Waals surface area contributed by atoms with Gasteiger partial charge in [0.2, 0.25) is 0 Å². The Morgan fingerprint density at radius 2 is 1.93 bits per heavy atom. The van der Waals surface area contributed by atoms with Gasteiger partial charge in [-0.2, -0.15) is 0 Å². The Morgan fingerprint density at radius 1 is 1.27 bits per heavy atom. The Hall–Kier alpha value is -1.29. The van der Waals surface area contributed by atoms with Crippen molar-refractivity contribution in [3.63, 3.8) is 0 Å². The van der Waals surface area contributed by atoms with Gasteiger partial charge in [0.1, 0.15) is 0 Å². The van der Waals surface area contributed by atoms with Gasteiger partial charge in [-0.25, -0.2) is 4.39 Å². The first kappa shape index (κ1) is 10.2. The number of ether oxygens (including phenoxy) is 2. The Morgan fingerprint density at radius 3 is 2.60 bits per heavy atom. The molecule has 0 amide bonds. The fourth-order valence-corrected chi connectivity index (χ4v) is 1.60. The van der Waals surface area contributed by atoms with Gasteiger partial charge in [-0.05, 0) is 13.0 Å². The standard InChI is InChI=1S/C11H14FNO2/c1-7(13)8-3-4-9(12)11-10(8)14-5-2-6-15-11/h3-4,7H,2,5-6,13H2,1H3. The summed E-state index contributed by atoms with van der Waals surface area (Å²) in [7, 11) is 0. The lowest BCUT2D eigenvalue weighted by Gasteiger charge is -2.15. The van der Waals surface area contributed by atoms with E-state index in [1.807, 2.05) is 6.92 Å². The molecule has 0 spiro atoms. The lowest BCUT2D eigenvalue weighted by Crippen LogP contribution is -2.08. The summed E-state index contributed by atoms with van der Waals surface area (Å²) < 4.78 is 24.2. The molecule has 3 nitrogen and oxygen atoms in total. The van der Waals surface area contributed by atoms with Gasteiger partial charge < -0.3 is 15.2 Å². The van der Waals surface area contributed by atoms with Crippen molar-refractivity contribution in [3.05, 3.63) is 23.5 Å². The first-order valence-electron chi connectivity index (χ1n) is 5.03. The van der Waals surface area contributed by atoms with Crippen LogP contribution in [0.3, 0.4) is 0 Å². The Bertz CT molecular complexity index is 366. The SMILES string of the molecule is CC(N)c1ccc(F)c2c1OCCCO2. The maximum atomic E-state index is 13.4. The van der Waals surface area contributed by atoms with Gasteiger partial charge in [0.05, 0.1) is 13.2 Å². The zero-order valence-corrected chi connectivity index (χ0v) is 8.63. The zero-order valence-electron chi connectivity index (χ0n) is 8.63. The molecule has 1 heterocycles. The van der Waals surface area contributed by atoms with Crippen molar-refractivity contribution in [1.82, 2.24) is 0 Å². The number of hydrogen-bond donors (Lipinski definition) is 1. The minimum Gasteiger partial charge on any atom is -0.489 e. The quantitative estimate of drug-likeness (QED) is 0.772. The molecule has 0 aliphatic carbocycles. The summed E-state index contributed by atoms with van der Waals surface area (Å²) in [5, 5.41) is 0. The highest BCUT2D eigenvalue weighted by atomic mass is 19.1. The van der Waals surface area contributed by atoms with Gasteiger partial charge >= 0.3 is 0 Å². The van der Waals surface area contributed by atoms with Crippen LogP contribution in [0.25, 0.3) is 0 Å². The number of benzene rings is 1. The number of fused-ring (bicyclic) bond motifs is 1. The van der Waals surface area contributed by atoms with Crippen molar-refractivity contribution in [2.75, 3.05) is 13.2 Å². The molecule has 1 aliphatic heterocycles. The normalized spacial score (nSPS) is 17.0. The van der Waals surface area contributed by atoms with Crippen LogP contribution in [0.1, 0.15) is 24.9 Å².